The standard InChI is InChI=1S/C11H8ClN3S/c12-10-3-1-2-8(15-10)7-14-11-5-4-9(6-13)16-11/h1-5,14H,7H2. The molecule has 0 unspecified atom stereocenters. The van der Waals surface area contributed by atoms with Gasteiger partial charge in [-0.1, -0.05) is 17.7 Å². The lowest BCUT2D eigenvalue weighted by Crippen LogP contribution is -1.99. The number of hydrogen-bond acceptors (Lipinski definition) is 4. The van der Waals surface area contributed by atoms with Gasteiger partial charge in [-0.15, -0.1) is 11.3 Å². The second-order valence-electron chi connectivity index (χ2n) is 3.08. The van der Waals surface area contributed by atoms with E-state index in [-0.39, 0.29) is 0 Å². The number of aromatic nitrogens is 1. The molecular formula is C11H8ClN3S. The van der Waals surface area contributed by atoms with Gasteiger partial charge in [0.05, 0.1) is 17.2 Å². The molecule has 2 aromatic heterocycles. The maximum Gasteiger partial charge on any atom is 0.129 e. The van der Waals surface area contributed by atoms with Gasteiger partial charge in [-0.2, -0.15) is 5.26 Å². The highest BCUT2D eigenvalue weighted by Crippen LogP contribution is 2.21. The zero-order valence-corrected chi connectivity index (χ0v) is 9.85. The van der Waals surface area contributed by atoms with Crippen LogP contribution in [0, 0.1) is 11.3 Å². The number of pyridine rings is 1. The van der Waals surface area contributed by atoms with Gasteiger partial charge in [0.25, 0.3) is 0 Å². The summed E-state index contributed by atoms with van der Waals surface area (Å²) in [5.41, 5.74) is 0.874. The third-order valence-electron chi connectivity index (χ3n) is 1.93. The van der Waals surface area contributed by atoms with Crippen molar-refractivity contribution in [3.63, 3.8) is 0 Å². The SMILES string of the molecule is N#Cc1ccc(NCc2cccc(Cl)n2)s1. The van der Waals surface area contributed by atoms with Gasteiger partial charge in [0.15, 0.2) is 0 Å². The van der Waals surface area contributed by atoms with Crippen molar-refractivity contribution in [1.29, 1.82) is 5.26 Å². The molecule has 5 heteroatoms. The van der Waals surface area contributed by atoms with Crippen LogP contribution < -0.4 is 5.32 Å². The first kappa shape index (κ1) is 10.9. The Morgan fingerprint density at radius 2 is 2.25 bits per heavy atom. The van der Waals surface area contributed by atoms with Gasteiger partial charge in [0.1, 0.15) is 16.1 Å². The fourth-order valence-electron chi connectivity index (χ4n) is 1.22. The lowest BCUT2D eigenvalue weighted by Gasteiger charge is -2.02. The molecule has 1 N–H and O–H groups in total. The second kappa shape index (κ2) is 4.97. The van der Waals surface area contributed by atoms with Gasteiger partial charge in [0, 0.05) is 0 Å². The molecule has 0 bridgehead atoms. The lowest BCUT2D eigenvalue weighted by molar-refractivity contribution is 1.05. The van der Waals surface area contributed by atoms with E-state index in [1.54, 1.807) is 12.1 Å². The first-order chi connectivity index (χ1) is 7.78. The van der Waals surface area contributed by atoms with Crippen molar-refractivity contribution in [3.05, 3.63) is 46.1 Å². The monoisotopic (exact) mass is 249 g/mol. The number of anilines is 1. The Kier molecular flexibility index (Phi) is 3.40. The molecule has 0 radical (unpaired) electrons. The highest BCUT2D eigenvalue weighted by Gasteiger charge is 2.00. The molecule has 0 amide bonds. The fraction of sp³-hybridized carbons (Fsp3) is 0.0909. The number of nitrogens with zero attached hydrogens (tertiary/aromatic N) is 2. The molecule has 80 valence electrons. The minimum absolute atomic E-state index is 0.489. The van der Waals surface area contributed by atoms with Crippen LogP contribution in [-0.4, -0.2) is 4.98 Å². The average molecular weight is 250 g/mol. The quantitative estimate of drug-likeness (QED) is 0.850. The first-order valence-electron chi connectivity index (χ1n) is 4.63. The minimum atomic E-state index is 0.489. The lowest BCUT2D eigenvalue weighted by atomic mass is 10.3. The average Bonchev–Trinajstić information content (AvgIpc) is 2.74. The van der Waals surface area contributed by atoms with E-state index in [1.807, 2.05) is 18.2 Å². The normalized spacial score (nSPS) is 9.75. The van der Waals surface area contributed by atoms with Crippen LogP contribution >= 0.6 is 22.9 Å². The Morgan fingerprint density at radius 1 is 1.38 bits per heavy atom. The molecule has 0 saturated heterocycles. The van der Waals surface area contributed by atoms with Crippen LogP contribution in [0.2, 0.25) is 5.15 Å². The number of halogens is 1. The summed E-state index contributed by atoms with van der Waals surface area (Å²) in [4.78, 5) is 4.85. The van der Waals surface area contributed by atoms with Crippen LogP contribution in [0.4, 0.5) is 5.00 Å². The summed E-state index contributed by atoms with van der Waals surface area (Å²) >= 11 is 7.20. The number of thiophene rings is 1. The molecule has 2 rings (SSSR count). The van der Waals surface area contributed by atoms with Gasteiger partial charge in [-0.25, -0.2) is 4.98 Å². The fourth-order valence-corrected chi connectivity index (χ4v) is 2.10. The van der Waals surface area contributed by atoms with E-state index in [0.29, 0.717) is 16.6 Å². The molecule has 0 spiro atoms. The maximum absolute atomic E-state index is 8.68. The predicted octanol–water partition coefficient (Wildman–Crippen LogP) is 3.28. The number of rotatable bonds is 3. The van der Waals surface area contributed by atoms with E-state index in [1.165, 1.54) is 11.3 Å². The predicted molar refractivity (Wildman–Crippen MR) is 65.6 cm³/mol. The molecule has 0 aliphatic heterocycles. The summed E-state index contributed by atoms with van der Waals surface area (Å²) in [6.45, 7) is 0.603. The van der Waals surface area contributed by atoms with Crippen LogP contribution in [0.15, 0.2) is 30.3 Å². The minimum Gasteiger partial charge on any atom is -0.371 e. The first-order valence-corrected chi connectivity index (χ1v) is 5.82. The molecule has 0 fully saturated rings. The zero-order chi connectivity index (χ0) is 11.4. The second-order valence-corrected chi connectivity index (χ2v) is 4.55. The number of hydrogen-bond donors (Lipinski definition) is 1. The van der Waals surface area contributed by atoms with Crippen molar-refractivity contribution in [2.75, 3.05) is 5.32 Å². The summed E-state index contributed by atoms with van der Waals surface area (Å²) < 4.78 is 0. The summed E-state index contributed by atoms with van der Waals surface area (Å²) in [5.74, 6) is 0. The third kappa shape index (κ3) is 2.72. The molecule has 0 aliphatic carbocycles. The summed E-state index contributed by atoms with van der Waals surface area (Å²) in [6.07, 6.45) is 0. The summed E-state index contributed by atoms with van der Waals surface area (Å²) in [7, 11) is 0. The molecule has 0 atom stereocenters. The van der Waals surface area contributed by atoms with Crippen molar-refractivity contribution < 1.29 is 0 Å². The van der Waals surface area contributed by atoms with Crippen molar-refractivity contribution in [1.82, 2.24) is 4.98 Å². The van der Waals surface area contributed by atoms with Crippen LogP contribution in [0.25, 0.3) is 0 Å². The Balaban J connectivity index is 2.00. The Labute approximate surface area is 102 Å². The van der Waals surface area contributed by atoms with Crippen LogP contribution in [-0.2, 0) is 6.54 Å². The van der Waals surface area contributed by atoms with Gasteiger partial charge in [-0.3, -0.25) is 0 Å². The largest absolute Gasteiger partial charge is 0.371 e. The zero-order valence-electron chi connectivity index (χ0n) is 8.27. The van der Waals surface area contributed by atoms with Gasteiger partial charge in [0.2, 0.25) is 0 Å². The van der Waals surface area contributed by atoms with E-state index in [9.17, 15) is 0 Å². The molecule has 0 saturated carbocycles. The molecule has 2 heterocycles. The van der Waals surface area contributed by atoms with Crippen LogP contribution in [0.3, 0.4) is 0 Å². The van der Waals surface area contributed by atoms with E-state index in [0.717, 1.165) is 10.7 Å². The van der Waals surface area contributed by atoms with E-state index >= 15 is 0 Å². The van der Waals surface area contributed by atoms with E-state index in [4.69, 9.17) is 16.9 Å². The Morgan fingerprint density at radius 3 is 2.94 bits per heavy atom. The third-order valence-corrected chi connectivity index (χ3v) is 3.09. The van der Waals surface area contributed by atoms with Crippen LogP contribution in [0.1, 0.15) is 10.6 Å². The summed E-state index contributed by atoms with van der Waals surface area (Å²) in [5, 5.41) is 13.3. The number of nitriles is 1. The topological polar surface area (TPSA) is 48.7 Å². The van der Waals surface area contributed by atoms with Gasteiger partial charge in [-0.05, 0) is 24.3 Å². The van der Waals surface area contributed by atoms with Crippen molar-refractivity contribution in [2.45, 2.75) is 6.54 Å². The van der Waals surface area contributed by atoms with E-state index < -0.39 is 0 Å². The van der Waals surface area contributed by atoms with E-state index in [2.05, 4.69) is 16.4 Å². The van der Waals surface area contributed by atoms with Crippen molar-refractivity contribution in [3.8, 4) is 6.07 Å². The van der Waals surface area contributed by atoms with Crippen molar-refractivity contribution >= 4 is 27.9 Å². The smallest absolute Gasteiger partial charge is 0.129 e. The van der Waals surface area contributed by atoms with Gasteiger partial charge < -0.3 is 5.32 Å². The number of nitrogens with one attached hydrogen (secondary N) is 1. The highest BCUT2D eigenvalue weighted by atomic mass is 35.5. The molecular weight excluding hydrogens is 242 g/mol. The molecule has 0 aliphatic rings. The molecule has 2 aromatic rings. The van der Waals surface area contributed by atoms with Crippen molar-refractivity contribution in [2.24, 2.45) is 0 Å². The van der Waals surface area contributed by atoms with Gasteiger partial charge >= 0.3 is 0 Å². The molecule has 0 aromatic carbocycles. The molecule has 3 nitrogen and oxygen atoms in total. The summed E-state index contributed by atoms with van der Waals surface area (Å²) in [6, 6.07) is 11.3. The maximum atomic E-state index is 8.68. The highest BCUT2D eigenvalue weighted by molar-refractivity contribution is 7.16. The van der Waals surface area contributed by atoms with Crippen LogP contribution in [0.5, 0.6) is 0 Å². The molecule has 16 heavy (non-hydrogen) atoms. The Bertz CT molecular complexity index is 530. The Hall–Kier alpha value is -1.57.